The third-order valence-electron chi connectivity index (χ3n) is 3.65. The van der Waals surface area contributed by atoms with Crippen LogP contribution in [0.4, 0.5) is 0 Å². The van der Waals surface area contributed by atoms with Crippen LogP contribution in [0, 0.1) is 5.92 Å². The van der Waals surface area contributed by atoms with Crippen molar-refractivity contribution in [2.75, 3.05) is 26.2 Å². The van der Waals surface area contributed by atoms with Crippen molar-refractivity contribution in [3.05, 3.63) is 0 Å². The van der Waals surface area contributed by atoms with E-state index in [4.69, 9.17) is 0 Å². The summed E-state index contributed by atoms with van der Waals surface area (Å²) in [5, 5.41) is 3.42. The Morgan fingerprint density at radius 2 is 1.57 bits per heavy atom. The minimum Gasteiger partial charge on any atom is -1.00 e. The minimum atomic E-state index is 0. The minimum absolute atomic E-state index is 0. The molecule has 0 radical (unpaired) electrons. The molecule has 1 saturated heterocycles. The molecule has 3 heteroatoms. The van der Waals surface area contributed by atoms with E-state index < -0.39 is 0 Å². The summed E-state index contributed by atoms with van der Waals surface area (Å²) in [4.78, 5) is 2.70. The SMILES string of the molecule is CC1CCC(N2CCNCC2)CC1.[Cl-]. The highest BCUT2D eigenvalue weighted by molar-refractivity contribution is 4.80. The van der Waals surface area contributed by atoms with Gasteiger partial charge in [-0.3, -0.25) is 4.90 Å². The molecule has 0 bridgehead atoms. The molecule has 2 rings (SSSR count). The van der Waals surface area contributed by atoms with Crippen molar-refractivity contribution in [1.82, 2.24) is 10.2 Å². The van der Waals surface area contributed by atoms with Gasteiger partial charge in [-0.1, -0.05) is 6.92 Å². The van der Waals surface area contributed by atoms with Gasteiger partial charge in [-0.15, -0.1) is 0 Å². The van der Waals surface area contributed by atoms with Crippen LogP contribution in [0.25, 0.3) is 0 Å². The Morgan fingerprint density at radius 1 is 1.00 bits per heavy atom. The Kier molecular flexibility index (Phi) is 5.21. The molecule has 2 aliphatic rings. The highest BCUT2D eigenvalue weighted by Gasteiger charge is 2.24. The second-order valence-corrected chi connectivity index (χ2v) is 4.70. The molecule has 1 heterocycles. The van der Waals surface area contributed by atoms with Gasteiger partial charge in [-0.2, -0.15) is 0 Å². The summed E-state index contributed by atoms with van der Waals surface area (Å²) in [6.07, 6.45) is 5.80. The van der Waals surface area contributed by atoms with Crippen LogP contribution in [-0.4, -0.2) is 37.1 Å². The quantitative estimate of drug-likeness (QED) is 0.574. The molecule has 2 fully saturated rings. The van der Waals surface area contributed by atoms with Gasteiger partial charge in [-0.25, -0.2) is 0 Å². The average molecular weight is 218 g/mol. The summed E-state index contributed by atoms with van der Waals surface area (Å²) in [6.45, 7) is 7.35. The summed E-state index contributed by atoms with van der Waals surface area (Å²) in [7, 11) is 0. The molecule has 1 aliphatic carbocycles. The number of hydrogen-bond acceptors (Lipinski definition) is 2. The van der Waals surface area contributed by atoms with E-state index in [0.717, 1.165) is 12.0 Å². The number of rotatable bonds is 1. The van der Waals surface area contributed by atoms with Crippen molar-refractivity contribution in [3.63, 3.8) is 0 Å². The number of nitrogens with one attached hydrogen (secondary N) is 1. The monoisotopic (exact) mass is 217 g/mol. The molecule has 0 unspecified atom stereocenters. The number of halogens is 1. The molecular weight excluding hydrogens is 196 g/mol. The summed E-state index contributed by atoms with van der Waals surface area (Å²) in [6, 6.07) is 0.915. The van der Waals surface area contributed by atoms with Crippen molar-refractivity contribution < 1.29 is 12.4 Å². The van der Waals surface area contributed by atoms with E-state index >= 15 is 0 Å². The van der Waals surface area contributed by atoms with Crippen LogP contribution in [0.5, 0.6) is 0 Å². The zero-order valence-corrected chi connectivity index (χ0v) is 9.89. The van der Waals surface area contributed by atoms with Crippen LogP contribution in [0.15, 0.2) is 0 Å². The zero-order chi connectivity index (χ0) is 9.10. The van der Waals surface area contributed by atoms with E-state index in [2.05, 4.69) is 17.1 Å². The molecule has 0 amide bonds. The number of piperazine rings is 1. The lowest BCUT2D eigenvalue weighted by Gasteiger charge is -2.38. The van der Waals surface area contributed by atoms with Crippen LogP contribution >= 0.6 is 0 Å². The summed E-state index contributed by atoms with van der Waals surface area (Å²) in [5.74, 6) is 0.985. The zero-order valence-electron chi connectivity index (χ0n) is 9.14. The van der Waals surface area contributed by atoms with Gasteiger partial charge < -0.3 is 17.7 Å². The fraction of sp³-hybridized carbons (Fsp3) is 1.00. The van der Waals surface area contributed by atoms with Crippen LogP contribution in [0.3, 0.4) is 0 Å². The van der Waals surface area contributed by atoms with Crippen molar-refractivity contribution >= 4 is 0 Å². The first-order valence-corrected chi connectivity index (χ1v) is 5.81. The highest BCUT2D eigenvalue weighted by atomic mass is 35.5. The third kappa shape index (κ3) is 3.11. The van der Waals surface area contributed by atoms with Gasteiger partial charge >= 0.3 is 0 Å². The van der Waals surface area contributed by atoms with Crippen LogP contribution in [-0.2, 0) is 0 Å². The molecule has 1 N–H and O–H groups in total. The molecule has 0 aromatic heterocycles. The topological polar surface area (TPSA) is 15.3 Å². The standard InChI is InChI=1S/C11H22N2.ClH/c1-10-2-4-11(5-3-10)13-8-6-12-7-9-13;/h10-12H,2-9H2,1H3;1H/p-1. The Bertz CT molecular complexity index is 149. The molecule has 14 heavy (non-hydrogen) atoms. The molecule has 2 nitrogen and oxygen atoms in total. The van der Waals surface area contributed by atoms with Crippen molar-refractivity contribution in [2.45, 2.75) is 38.6 Å². The molecule has 84 valence electrons. The predicted octanol–water partition coefficient (Wildman–Crippen LogP) is -1.53. The Hall–Kier alpha value is 0.210. The maximum Gasteiger partial charge on any atom is 0.0110 e. The fourth-order valence-corrected chi connectivity index (χ4v) is 2.65. The highest BCUT2D eigenvalue weighted by Crippen LogP contribution is 2.26. The van der Waals surface area contributed by atoms with Crippen LogP contribution in [0.2, 0.25) is 0 Å². The smallest absolute Gasteiger partial charge is 0.0110 e. The Labute approximate surface area is 93.8 Å². The maximum absolute atomic E-state index is 3.42. The van der Waals surface area contributed by atoms with Gasteiger partial charge in [0.05, 0.1) is 0 Å². The van der Waals surface area contributed by atoms with E-state index in [-0.39, 0.29) is 12.4 Å². The van der Waals surface area contributed by atoms with Crippen LogP contribution < -0.4 is 17.7 Å². The van der Waals surface area contributed by atoms with Gasteiger partial charge in [0.2, 0.25) is 0 Å². The number of nitrogens with zero attached hydrogens (tertiary/aromatic N) is 1. The molecule has 0 aromatic carbocycles. The first-order chi connectivity index (χ1) is 6.36. The maximum atomic E-state index is 3.42. The summed E-state index contributed by atoms with van der Waals surface area (Å²) in [5.41, 5.74) is 0. The first kappa shape index (κ1) is 12.3. The summed E-state index contributed by atoms with van der Waals surface area (Å²) >= 11 is 0. The molecule has 0 atom stereocenters. The molecule has 1 saturated carbocycles. The lowest BCUT2D eigenvalue weighted by molar-refractivity contribution is -0.00000291. The lowest BCUT2D eigenvalue weighted by atomic mass is 9.86. The second-order valence-electron chi connectivity index (χ2n) is 4.70. The van der Waals surface area contributed by atoms with Crippen molar-refractivity contribution in [1.29, 1.82) is 0 Å². The average Bonchev–Trinajstić information content (AvgIpc) is 2.20. The van der Waals surface area contributed by atoms with Crippen molar-refractivity contribution in [3.8, 4) is 0 Å². The largest absolute Gasteiger partial charge is 1.00 e. The van der Waals surface area contributed by atoms with E-state index in [1.54, 1.807) is 0 Å². The lowest BCUT2D eigenvalue weighted by Crippen LogP contribution is -3.00. The Morgan fingerprint density at radius 3 is 2.14 bits per heavy atom. The van der Waals surface area contributed by atoms with Crippen molar-refractivity contribution in [2.24, 2.45) is 5.92 Å². The van der Waals surface area contributed by atoms with Gasteiger partial charge in [0.1, 0.15) is 0 Å². The molecule has 0 aromatic rings. The molecule has 0 spiro atoms. The normalized spacial score (nSPS) is 34.9. The first-order valence-electron chi connectivity index (χ1n) is 5.81. The molecular formula is C11H22ClN2-. The number of hydrogen-bond donors (Lipinski definition) is 1. The molecule has 1 aliphatic heterocycles. The van der Waals surface area contributed by atoms with Gasteiger partial charge in [-0.05, 0) is 31.6 Å². The van der Waals surface area contributed by atoms with E-state index in [1.807, 2.05) is 0 Å². The van der Waals surface area contributed by atoms with Gasteiger partial charge in [0.15, 0.2) is 0 Å². The summed E-state index contributed by atoms with van der Waals surface area (Å²) < 4.78 is 0. The Balaban J connectivity index is 0.000000980. The third-order valence-corrected chi connectivity index (χ3v) is 3.65. The second kappa shape index (κ2) is 5.94. The predicted molar refractivity (Wildman–Crippen MR) is 55.9 cm³/mol. The van der Waals surface area contributed by atoms with Gasteiger partial charge in [0.25, 0.3) is 0 Å². The van der Waals surface area contributed by atoms with Gasteiger partial charge in [0, 0.05) is 32.2 Å². The van der Waals surface area contributed by atoms with E-state index in [9.17, 15) is 0 Å². The van der Waals surface area contributed by atoms with Crippen LogP contribution in [0.1, 0.15) is 32.6 Å². The fourth-order valence-electron chi connectivity index (χ4n) is 2.65. The van der Waals surface area contributed by atoms with E-state index in [0.29, 0.717) is 0 Å². The van der Waals surface area contributed by atoms with E-state index in [1.165, 1.54) is 51.9 Å².